The highest BCUT2D eigenvalue weighted by Gasteiger charge is 2.08. The van der Waals surface area contributed by atoms with Crippen LogP contribution in [-0.4, -0.2) is 24.2 Å². The summed E-state index contributed by atoms with van der Waals surface area (Å²) in [4.78, 5) is 7.37. The topological polar surface area (TPSA) is 62.5 Å². The first-order chi connectivity index (χ1) is 11.1. The van der Waals surface area contributed by atoms with E-state index in [9.17, 15) is 0 Å². The quantitative estimate of drug-likeness (QED) is 0.373. The predicted octanol–water partition coefficient (Wildman–Crippen LogP) is 3.83. The summed E-state index contributed by atoms with van der Waals surface area (Å²) in [6.45, 7) is 10.6. The number of halogens is 1. The monoisotopic (exact) mass is 462 g/mol. The summed E-state index contributed by atoms with van der Waals surface area (Å²) in [7, 11) is 0. The van der Waals surface area contributed by atoms with Gasteiger partial charge in [0.25, 0.3) is 0 Å². The highest BCUT2D eigenvalue weighted by atomic mass is 127. The molecule has 0 bridgehead atoms. The lowest BCUT2D eigenvalue weighted by Crippen LogP contribution is -2.38. The Morgan fingerprint density at radius 1 is 1.21 bits per heavy atom. The number of aryl methyl sites for hydroxylation is 3. The van der Waals surface area contributed by atoms with Crippen molar-refractivity contribution in [1.29, 1.82) is 0 Å². The van der Waals surface area contributed by atoms with Gasteiger partial charge in [-0.15, -0.1) is 35.3 Å². The standard InChI is InChI=1S/C17H26N4OS.HI/c1-5-14-7-8-15(23-14)11-20-17(18-6-2)19-10-9-16-12(3)21-22-13(16)4;/h7-8H,5-6,9-11H2,1-4H3,(H2,18,19,20);1H. The van der Waals surface area contributed by atoms with Crippen molar-refractivity contribution in [1.82, 2.24) is 15.8 Å². The van der Waals surface area contributed by atoms with Crippen molar-refractivity contribution in [3.8, 4) is 0 Å². The summed E-state index contributed by atoms with van der Waals surface area (Å²) in [6, 6.07) is 4.35. The fraction of sp³-hybridized carbons (Fsp3) is 0.529. The highest BCUT2D eigenvalue weighted by Crippen LogP contribution is 2.17. The molecule has 0 saturated carbocycles. The van der Waals surface area contributed by atoms with Gasteiger partial charge in [0.05, 0.1) is 12.2 Å². The summed E-state index contributed by atoms with van der Waals surface area (Å²) < 4.78 is 5.20. The van der Waals surface area contributed by atoms with Gasteiger partial charge in [0.1, 0.15) is 5.76 Å². The van der Waals surface area contributed by atoms with Gasteiger partial charge in [0.2, 0.25) is 0 Å². The van der Waals surface area contributed by atoms with Crippen molar-refractivity contribution >= 4 is 41.3 Å². The average Bonchev–Trinajstić information content (AvgIpc) is 3.13. The number of hydrogen-bond acceptors (Lipinski definition) is 4. The third-order valence-electron chi connectivity index (χ3n) is 3.65. The van der Waals surface area contributed by atoms with E-state index in [1.54, 1.807) is 0 Å². The van der Waals surface area contributed by atoms with Gasteiger partial charge in [-0.25, -0.2) is 4.99 Å². The van der Waals surface area contributed by atoms with Crippen LogP contribution in [0, 0.1) is 13.8 Å². The second-order valence-electron chi connectivity index (χ2n) is 5.40. The SMILES string of the molecule is CCNC(=NCc1ccc(CC)s1)NCCc1c(C)noc1C.I. The smallest absolute Gasteiger partial charge is 0.191 e. The summed E-state index contributed by atoms with van der Waals surface area (Å²) in [5.74, 6) is 1.75. The molecule has 2 heterocycles. The maximum atomic E-state index is 5.20. The van der Waals surface area contributed by atoms with Gasteiger partial charge in [-0.3, -0.25) is 0 Å². The molecule has 0 fully saturated rings. The van der Waals surface area contributed by atoms with E-state index >= 15 is 0 Å². The third-order valence-corrected chi connectivity index (χ3v) is 4.87. The largest absolute Gasteiger partial charge is 0.361 e. The molecule has 0 amide bonds. The minimum atomic E-state index is 0. The van der Waals surface area contributed by atoms with Crippen LogP contribution in [0.4, 0.5) is 0 Å². The lowest BCUT2D eigenvalue weighted by molar-refractivity contribution is 0.392. The van der Waals surface area contributed by atoms with Crippen molar-refractivity contribution in [3.63, 3.8) is 0 Å². The second kappa shape index (κ2) is 10.7. The van der Waals surface area contributed by atoms with E-state index in [0.29, 0.717) is 6.54 Å². The third kappa shape index (κ3) is 6.08. The minimum Gasteiger partial charge on any atom is -0.361 e. The Kier molecular flexibility index (Phi) is 9.35. The number of aliphatic imine (C=N–C) groups is 1. The Labute approximate surface area is 165 Å². The maximum absolute atomic E-state index is 5.20. The van der Waals surface area contributed by atoms with Gasteiger partial charge >= 0.3 is 0 Å². The van der Waals surface area contributed by atoms with Crippen LogP contribution < -0.4 is 10.6 Å². The molecule has 0 aliphatic rings. The van der Waals surface area contributed by atoms with E-state index in [0.717, 1.165) is 43.3 Å². The van der Waals surface area contributed by atoms with Crippen LogP contribution in [0.15, 0.2) is 21.6 Å². The molecule has 134 valence electrons. The molecule has 0 atom stereocenters. The number of nitrogens with zero attached hydrogens (tertiary/aromatic N) is 2. The molecule has 0 aromatic carbocycles. The van der Waals surface area contributed by atoms with Crippen LogP contribution in [0.25, 0.3) is 0 Å². The lowest BCUT2D eigenvalue weighted by Gasteiger charge is -2.10. The van der Waals surface area contributed by atoms with Gasteiger partial charge in [0.15, 0.2) is 5.96 Å². The molecule has 0 radical (unpaired) electrons. The fourth-order valence-corrected chi connectivity index (χ4v) is 3.24. The Bertz CT molecular complexity index is 631. The van der Waals surface area contributed by atoms with Crippen molar-refractivity contribution < 1.29 is 4.52 Å². The Hall–Kier alpha value is -1.09. The van der Waals surface area contributed by atoms with Crippen LogP contribution in [-0.2, 0) is 19.4 Å². The Morgan fingerprint density at radius 2 is 1.96 bits per heavy atom. The second-order valence-corrected chi connectivity index (χ2v) is 6.65. The molecular weight excluding hydrogens is 435 g/mol. The molecule has 0 unspecified atom stereocenters. The summed E-state index contributed by atoms with van der Waals surface area (Å²) in [5, 5.41) is 10.7. The number of hydrogen-bond donors (Lipinski definition) is 2. The number of guanidine groups is 1. The van der Waals surface area contributed by atoms with Crippen LogP contribution in [0.5, 0.6) is 0 Å². The zero-order valence-electron chi connectivity index (χ0n) is 14.8. The first-order valence-corrected chi connectivity index (χ1v) is 8.97. The molecule has 2 rings (SSSR count). The van der Waals surface area contributed by atoms with E-state index in [1.807, 2.05) is 25.2 Å². The van der Waals surface area contributed by atoms with E-state index in [2.05, 4.69) is 46.8 Å². The summed E-state index contributed by atoms with van der Waals surface area (Å²) >= 11 is 1.84. The average molecular weight is 462 g/mol. The van der Waals surface area contributed by atoms with Crippen molar-refractivity contribution in [2.75, 3.05) is 13.1 Å². The maximum Gasteiger partial charge on any atom is 0.191 e. The molecule has 0 spiro atoms. The van der Waals surface area contributed by atoms with Crippen LogP contribution in [0.1, 0.15) is 40.6 Å². The van der Waals surface area contributed by atoms with E-state index in [4.69, 9.17) is 4.52 Å². The minimum absolute atomic E-state index is 0. The first-order valence-electron chi connectivity index (χ1n) is 8.15. The first kappa shape index (κ1) is 21.0. The molecule has 2 aromatic heterocycles. The molecule has 5 nitrogen and oxygen atoms in total. The molecule has 24 heavy (non-hydrogen) atoms. The van der Waals surface area contributed by atoms with Gasteiger partial charge < -0.3 is 15.2 Å². The molecular formula is C17H27IN4OS. The number of aromatic nitrogens is 1. The lowest BCUT2D eigenvalue weighted by atomic mass is 10.1. The molecule has 0 saturated heterocycles. The van der Waals surface area contributed by atoms with Gasteiger partial charge in [0, 0.05) is 28.4 Å². The fourth-order valence-electron chi connectivity index (χ4n) is 2.36. The summed E-state index contributed by atoms with van der Waals surface area (Å²) in [6.07, 6.45) is 1.97. The van der Waals surface area contributed by atoms with Gasteiger partial charge in [-0.2, -0.15) is 0 Å². The van der Waals surface area contributed by atoms with Crippen LogP contribution in [0.3, 0.4) is 0 Å². The van der Waals surface area contributed by atoms with Gasteiger partial charge in [-0.1, -0.05) is 12.1 Å². The number of rotatable bonds is 7. The van der Waals surface area contributed by atoms with Crippen molar-refractivity contribution in [2.24, 2.45) is 4.99 Å². The molecule has 0 aliphatic carbocycles. The van der Waals surface area contributed by atoms with E-state index < -0.39 is 0 Å². The molecule has 2 N–H and O–H groups in total. The zero-order chi connectivity index (χ0) is 16.7. The van der Waals surface area contributed by atoms with Crippen molar-refractivity contribution in [2.45, 2.75) is 47.1 Å². The zero-order valence-corrected chi connectivity index (χ0v) is 18.0. The Morgan fingerprint density at radius 3 is 2.54 bits per heavy atom. The Balaban J connectivity index is 0.00000288. The highest BCUT2D eigenvalue weighted by molar-refractivity contribution is 14.0. The number of nitrogens with one attached hydrogen (secondary N) is 2. The molecule has 0 aliphatic heterocycles. The molecule has 2 aromatic rings. The normalized spacial score (nSPS) is 11.2. The molecule has 7 heteroatoms. The predicted molar refractivity (Wildman–Crippen MR) is 112 cm³/mol. The van der Waals surface area contributed by atoms with Crippen molar-refractivity contribution in [3.05, 3.63) is 38.9 Å². The summed E-state index contributed by atoms with van der Waals surface area (Å²) in [5.41, 5.74) is 2.15. The van der Waals surface area contributed by atoms with E-state index in [-0.39, 0.29) is 24.0 Å². The number of thiophene rings is 1. The van der Waals surface area contributed by atoms with Gasteiger partial charge in [-0.05, 0) is 45.7 Å². The van der Waals surface area contributed by atoms with Crippen LogP contribution >= 0.6 is 35.3 Å². The van der Waals surface area contributed by atoms with E-state index in [1.165, 1.54) is 15.3 Å². The van der Waals surface area contributed by atoms with Crippen LogP contribution in [0.2, 0.25) is 0 Å².